The SMILES string of the molecule is COc1c(C)cc(Br)c(C)c1C(=O)c1cc(F)ccc1N. The smallest absolute Gasteiger partial charge is 0.199 e. The fourth-order valence-corrected chi connectivity index (χ4v) is 2.79. The fraction of sp³-hybridized carbons (Fsp3) is 0.188. The lowest BCUT2D eigenvalue weighted by Crippen LogP contribution is -2.11. The molecule has 0 saturated carbocycles. The summed E-state index contributed by atoms with van der Waals surface area (Å²) in [6.45, 7) is 3.64. The second-order valence-corrected chi connectivity index (χ2v) is 5.62. The zero-order valence-corrected chi connectivity index (χ0v) is 13.5. The number of hydrogen-bond donors (Lipinski definition) is 1. The van der Waals surface area contributed by atoms with Gasteiger partial charge in [-0.3, -0.25) is 4.79 Å². The van der Waals surface area contributed by atoms with Crippen LogP contribution in [0.3, 0.4) is 0 Å². The Kier molecular flexibility index (Phi) is 4.32. The van der Waals surface area contributed by atoms with Crippen molar-refractivity contribution in [2.75, 3.05) is 12.8 Å². The van der Waals surface area contributed by atoms with Crippen molar-refractivity contribution in [3.8, 4) is 5.75 Å². The summed E-state index contributed by atoms with van der Waals surface area (Å²) in [7, 11) is 1.50. The number of ether oxygens (including phenoxy) is 1. The van der Waals surface area contributed by atoms with Crippen molar-refractivity contribution in [1.29, 1.82) is 0 Å². The quantitative estimate of drug-likeness (QED) is 0.670. The highest BCUT2D eigenvalue weighted by atomic mass is 79.9. The van der Waals surface area contributed by atoms with Crippen LogP contribution >= 0.6 is 15.9 Å². The first-order chi connectivity index (χ1) is 9.86. The third-order valence-corrected chi connectivity index (χ3v) is 4.18. The van der Waals surface area contributed by atoms with Gasteiger partial charge in [-0.25, -0.2) is 4.39 Å². The van der Waals surface area contributed by atoms with Crippen molar-refractivity contribution in [2.24, 2.45) is 0 Å². The number of carbonyl (C=O) groups excluding carboxylic acids is 1. The van der Waals surface area contributed by atoms with Crippen LogP contribution in [0.25, 0.3) is 0 Å². The molecule has 0 aliphatic heterocycles. The topological polar surface area (TPSA) is 52.3 Å². The number of ketones is 1. The molecule has 0 unspecified atom stereocenters. The molecule has 0 heterocycles. The van der Waals surface area contributed by atoms with Crippen molar-refractivity contribution in [2.45, 2.75) is 13.8 Å². The average molecular weight is 352 g/mol. The number of nitrogens with two attached hydrogens (primary N) is 1. The lowest BCUT2D eigenvalue weighted by atomic mass is 9.95. The first kappa shape index (κ1) is 15.5. The van der Waals surface area contributed by atoms with Crippen LogP contribution in [-0.4, -0.2) is 12.9 Å². The Labute approximate surface area is 131 Å². The van der Waals surface area contributed by atoms with Gasteiger partial charge in [0.1, 0.15) is 11.6 Å². The van der Waals surface area contributed by atoms with Crippen molar-refractivity contribution < 1.29 is 13.9 Å². The molecule has 0 fully saturated rings. The van der Waals surface area contributed by atoms with Gasteiger partial charge in [-0.15, -0.1) is 0 Å². The van der Waals surface area contributed by atoms with Crippen molar-refractivity contribution in [3.05, 3.63) is 56.8 Å². The molecule has 2 aromatic carbocycles. The van der Waals surface area contributed by atoms with E-state index in [9.17, 15) is 9.18 Å². The standard InChI is InChI=1S/C16H15BrFNO2/c1-8-6-12(17)9(2)14(16(8)21-3)15(20)11-7-10(18)4-5-13(11)19/h4-7H,19H2,1-3H3. The van der Waals surface area contributed by atoms with E-state index in [1.54, 1.807) is 6.92 Å². The predicted octanol–water partition coefficient (Wildman–Crippen LogP) is 4.03. The van der Waals surface area contributed by atoms with E-state index in [4.69, 9.17) is 10.5 Å². The fourth-order valence-electron chi connectivity index (χ4n) is 2.25. The van der Waals surface area contributed by atoms with Gasteiger partial charge >= 0.3 is 0 Å². The molecule has 21 heavy (non-hydrogen) atoms. The van der Waals surface area contributed by atoms with Gasteiger partial charge in [0.2, 0.25) is 0 Å². The molecule has 0 atom stereocenters. The third kappa shape index (κ3) is 2.78. The monoisotopic (exact) mass is 351 g/mol. The van der Waals surface area contributed by atoms with Gasteiger partial charge in [0, 0.05) is 15.7 Å². The molecule has 5 heteroatoms. The summed E-state index contributed by atoms with van der Waals surface area (Å²) in [6, 6.07) is 5.63. The van der Waals surface area contributed by atoms with E-state index in [0.29, 0.717) is 11.3 Å². The van der Waals surface area contributed by atoms with E-state index in [-0.39, 0.29) is 17.0 Å². The van der Waals surface area contributed by atoms with Gasteiger partial charge in [-0.05, 0) is 49.2 Å². The zero-order chi connectivity index (χ0) is 15.7. The number of hydrogen-bond acceptors (Lipinski definition) is 3. The second kappa shape index (κ2) is 5.85. The molecular weight excluding hydrogens is 337 g/mol. The molecule has 0 radical (unpaired) electrons. The number of halogens is 2. The van der Waals surface area contributed by atoms with Gasteiger partial charge in [0.25, 0.3) is 0 Å². The molecule has 0 aromatic heterocycles. The molecule has 2 aromatic rings. The summed E-state index contributed by atoms with van der Waals surface area (Å²) in [5.41, 5.74) is 8.11. The number of carbonyl (C=O) groups is 1. The summed E-state index contributed by atoms with van der Waals surface area (Å²) >= 11 is 3.42. The van der Waals surface area contributed by atoms with Crippen LogP contribution in [0, 0.1) is 19.7 Å². The normalized spacial score (nSPS) is 10.5. The lowest BCUT2D eigenvalue weighted by Gasteiger charge is -2.16. The van der Waals surface area contributed by atoms with E-state index in [2.05, 4.69) is 15.9 Å². The summed E-state index contributed by atoms with van der Waals surface area (Å²) in [5, 5.41) is 0. The Morgan fingerprint density at radius 2 is 1.95 bits per heavy atom. The molecular formula is C16H15BrFNO2. The van der Waals surface area contributed by atoms with E-state index >= 15 is 0 Å². The maximum atomic E-state index is 13.4. The summed E-state index contributed by atoms with van der Waals surface area (Å²) in [4.78, 5) is 12.8. The van der Waals surface area contributed by atoms with E-state index in [0.717, 1.165) is 21.7 Å². The molecule has 3 nitrogen and oxygen atoms in total. The molecule has 0 bridgehead atoms. The van der Waals surface area contributed by atoms with E-state index < -0.39 is 5.82 Å². The Bertz CT molecular complexity index is 729. The Hall–Kier alpha value is -1.88. The van der Waals surface area contributed by atoms with Crippen LogP contribution in [0.4, 0.5) is 10.1 Å². The van der Waals surface area contributed by atoms with Gasteiger partial charge in [0.15, 0.2) is 5.78 Å². The molecule has 0 aliphatic rings. The maximum absolute atomic E-state index is 13.4. The first-order valence-corrected chi connectivity index (χ1v) is 7.09. The predicted molar refractivity (Wildman–Crippen MR) is 84.4 cm³/mol. The summed E-state index contributed by atoms with van der Waals surface area (Å²) in [6.07, 6.45) is 0. The number of nitrogen functional groups attached to an aromatic ring is 1. The van der Waals surface area contributed by atoms with Gasteiger partial charge < -0.3 is 10.5 Å². The largest absolute Gasteiger partial charge is 0.496 e. The van der Waals surface area contributed by atoms with Crippen LogP contribution in [0.2, 0.25) is 0 Å². The van der Waals surface area contributed by atoms with Gasteiger partial charge in [-0.1, -0.05) is 15.9 Å². The summed E-state index contributed by atoms with van der Waals surface area (Å²) in [5.74, 6) is -0.383. The van der Waals surface area contributed by atoms with Crippen LogP contribution in [0.15, 0.2) is 28.7 Å². The van der Waals surface area contributed by atoms with Crippen molar-refractivity contribution in [3.63, 3.8) is 0 Å². The minimum absolute atomic E-state index is 0.133. The Balaban J connectivity index is 2.71. The molecule has 0 saturated heterocycles. The number of methoxy groups -OCH3 is 1. The molecule has 2 N–H and O–H groups in total. The third-order valence-electron chi connectivity index (χ3n) is 3.35. The lowest BCUT2D eigenvalue weighted by molar-refractivity contribution is 0.103. The van der Waals surface area contributed by atoms with Crippen molar-refractivity contribution >= 4 is 27.4 Å². The Morgan fingerprint density at radius 3 is 2.57 bits per heavy atom. The molecule has 2 rings (SSSR count). The minimum Gasteiger partial charge on any atom is -0.496 e. The van der Waals surface area contributed by atoms with E-state index in [1.165, 1.54) is 19.2 Å². The average Bonchev–Trinajstić information content (AvgIpc) is 2.44. The van der Waals surface area contributed by atoms with Crippen molar-refractivity contribution in [1.82, 2.24) is 0 Å². The summed E-state index contributed by atoms with van der Waals surface area (Å²) < 4.78 is 19.6. The number of aryl methyl sites for hydroxylation is 1. The number of benzene rings is 2. The van der Waals surface area contributed by atoms with Gasteiger partial charge in [-0.2, -0.15) is 0 Å². The highest BCUT2D eigenvalue weighted by Crippen LogP contribution is 2.34. The first-order valence-electron chi connectivity index (χ1n) is 6.30. The van der Waals surface area contributed by atoms with Crippen LogP contribution in [-0.2, 0) is 0 Å². The molecule has 0 spiro atoms. The maximum Gasteiger partial charge on any atom is 0.199 e. The highest BCUT2D eigenvalue weighted by Gasteiger charge is 2.23. The number of rotatable bonds is 3. The zero-order valence-electron chi connectivity index (χ0n) is 12.0. The van der Waals surface area contributed by atoms with Crippen LogP contribution in [0.1, 0.15) is 27.0 Å². The minimum atomic E-state index is -0.504. The number of anilines is 1. The Morgan fingerprint density at radius 1 is 1.29 bits per heavy atom. The highest BCUT2D eigenvalue weighted by molar-refractivity contribution is 9.10. The molecule has 0 aliphatic carbocycles. The molecule has 110 valence electrons. The van der Waals surface area contributed by atoms with Gasteiger partial charge in [0.05, 0.1) is 12.7 Å². The second-order valence-electron chi connectivity index (χ2n) is 4.77. The molecule has 0 amide bonds. The van der Waals surface area contributed by atoms with Crippen LogP contribution in [0.5, 0.6) is 5.75 Å². The van der Waals surface area contributed by atoms with E-state index in [1.807, 2.05) is 13.0 Å². The van der Waals surface area contributed by atoms with Crippen LogP contribution < -0.4 is 10.5 Å².